The normalized spacial score (nSPS) is 13.0. The van der Waals surface area contributed by atoms with Crippen LogP contribution in [0.1, 0.15) is 33.3 Å². The highest BCUT2D eigenvalue weighted by atomic mass is 16.5. The zero-order valence-corrected chi connectivity index (χ0v) is 18.8. The Morgan fingerprint density at radius 1 is 0.900 bits per heavy atom. The molecule has 0 aliphatic carbocycles. The SMILES string of the molecule is CCOCCO[C@H](C)C(=O)NCc1ccc(N(C)C(=O)[C@@H](C)OCCOCC)cc1. The van der Waals surface area contributed by atoms with Crippen molar-refractivity contribution < 1.29 is 28.5 Å². The molecule has 1 aromatic rings. The number of benzene rings is 1. The first-order chi connectivity index (χ1) is 14.4. The van der Waals surface area contributed by atoms with Crippen LogP contribution in [0.4, 0.5) is 5.69 Å². The van der Waals surface area contributed by atoms with Gasteiger partial charge in [-0.15, -0.1) is 0 Å². The van der Waals surface area contributed by atoms with E-state index in [2.05, 4.69) is 5.32 Å². The number of likely N-dealkylation sites (N-methyl/N-ethyl adjacent to an activating group) is 1. The Morgan fingerprint density at radius 3 is 1.97 bits per heavy atom. The van der Waals surface area contributed by atoms with Gasteiger partial charge in [0.25, 0.3) is 5.91 Å². The maximum atomic E-state index is 12.5. The summed E-state index contributed by atoms with van der Waals surface area (Å²) in [6.07, 6.45) is -1.10. The molecule has 0 radical (unpaired) electrons. The molecule has 0 saturated heterocycles. The predicted molar refractivity (Wildman–Crippen MR) is 116 cm³/mol. The Balaban J connectivity index is 2.44. The smallest absolute Gasteiger partial charge is 0.255 e. The molecule has 1 N–H and O–H groups in total. The summed E-state index contributed by atoms with van der Waals surface area (Å²) in [5, 5.41) is 2.85. The van der Waals surface area contributed by atoms with Crippen LogP contribution < -0.4 is 10.2 Å². The van der Waals surface area contributed by atoms with Gasteiger partial charge in [-0.1, -0.05) is 12.1 Å². The van der Waals surface area contributed by atoms with Gasteiger partial charge in [-0.25, -0.2) is 0 Å². The molecule has 2 amide bonds. The third-order valence-corrected chi connectivity index (χ3v) is 4.44. The van der Waals surface area contributed by atoms with Gasteiger partial charge in [0.1, 0.15) is 12.2 Å². The average Bonchev–Trinajstić information content (AvgIpc) is 2.77. The summed E-state index contributed by atoms with van der Waals surface area (Å²) in [6.45, 7) is 10.6. The molecule has 0 aliphatic rings. The fraction of sp³-hybridized carbons (Fsp3) is 0.636. The summed E-state index contributed by atoms with van der Waals surface area (Å²) in [5.41, 5.74) is 1.68. The standard InChI is InChI=1S/C22H36N2O6/c1-6-27-12-14-29-17(3)21(25)23-16-19-8-10-20(11-9-19)24(5)22(26)18(4)30-15-13-28-7-2/h8-11,17-18H,6-7,12-16H2,1-5H3,(H,23,25)/t17-,18-/m1/s1. The maximum absolute atomic E-state index is 12.5. The van der Waals surface area contributed by atoms with Crippen molar-refractivity contribution in [2.75, 3.05) is 51.6 Å². The molecule has 30 heavy (non-hydrogen) atoms. The monoisotopic (exact) mass is 424 g/mol. The molecule has 0 fully saturated rings. The van der Waals surface area contributed by atoms with Gasteiger partial charge in [0.15, 0.2) is 0 Å². The van der Waals surface area contributed by atoms with E-state index >= 15 is 0 Å². The van der Waals surface area contributed by atoms with Gasteiger partial charge in [-0.2, -0.15) is 0 Å². The Kier molecular flexibility index (Phi) is 12.9. The number of rotatable bonds is 15. The van der Waals surface area contributed by atoms with Gasteiger partial charge >= 0.3 is 0 Å². The van der Waals surface area contributed by atoms with Crippen molar-refractivity contribution in [3.63, 3.8) is 0 Å². The number of hydrogen-bond acceptors (Lipinski definition) is 6. The molecule has 170 valence electrons. The first-order valence-electron chi connectivity index (χ1n) is 10.4. The van der Waals surface area contributed by atoms with Crippen LogP contribution in [0.15, 0.2) is 24.3 Å². The molecular formula is C22H36N2O6. The van der Waals surface area contributed by atoms with Crippen LogP contribution in [-0.4, -0.2) is 70.7 Å². The highest BCUT2D eigenvalue weighted by Crippen LogP contribution is 2.15. The maximum Gasteiger partial charge on any atom is 0.255 e. The Morgan fingerprint density at radius 2 is 1.43 bits per heavy atom. The summed E-state index contributed by atoms with van der Waals surface area (Å²) < 4.78 is 21.3. The number of carbonyl (C=O) groups is 2. The minimum absolute atomic E-state index is 0.134. The second-order valence-electron chi connectivity index (χ2n) is 6.70. The van der Waals surface area contributed by atoms with E-state index in [0.29, 0.717) is 46.2 Å². The molecule has 0 aromatic heterocycles. The highest BCUT2D eigenvalue weighted by Gasteiger charge is 2.19. The minimum Gasteiger partial charge on any atom is -0.379 e. The molecular weight excluding hydrogens is 388 g/mol. The van der Waals surface area contributed by atoms with E-state index in [1.54, 1.807) is 25.8 Å². The molecule has 8 heteroatoms. The molecule has 0 bridgehead atoms. The molecule has 0 aliphatic heterocycles. The van der Waals surface area contributed by atoms with Crippen LogP contribution in [0.2, 0.25) is 0 Å². The van der Waals surface area contributed by atoms with Crippen LogP contribution in [0, 0.1) is 0 Å². The quantitative estimate of drug-likeness (QED) is 0.434. The van der Waals surface area contributed by atoms with Crippen molar-refractivity contribution >= 4 is 17.5 Å². The second kappa shape index (κ2) is 14.9. The van der Waals surface area contributed by atoms with Gasteiger partial charge in [0.05, 0.1) is 26.4 Å². The van der Waals surface area contributed by atoms with E-state index < -0.39 is 12.2 Å². The molecule has 0 heterocycles. The minimum atomic E-state index is -0.557. The van der Waals surface area contributed by atoms with Crippen LogP contribution in [0.3, 0.4) is 0 Å². The lowest BCUT2D eigenvalue weighted by atomic mass is 10.2. The summed E-state index contributed by atoms with van der Waals surface area (Å²) in [5.74, 6) is -0.313. The van der Waals surface area contributed by atoms with E-state index in [-0.39, 0.29) is 11.8 Å². The van der Waals surface area contributed by atoms with E-state index in [9.17, 15) is 9.59 Å². The van der Waals surface area contributed by atoms with Crippen molar-refractivity contribution in [1.29, 1.82) is 0 Å². The predicted octanol–water partition coefficient (Wildman–Crippen LogP) is 2.15. The molecule has 2 atom stereocenters. The summed E-state index contributed by atoms with van der Waals surface area (Å²) >= 11 is 0. The molecule has 0 saturated carbocycles. The third-order valence-electron chi connectivity index (χ3n) is 4.44. The van der Waals surface area contributed by atoms with Crippen molar-refractivity contribution in [3.8, 4) is 0 Å². The zero-order chi connectivity index (χ0) is 22.4. The molecule has 1 rings (SSSR count). The van der Waals surface area contributed by atoms with Crippen LogP contribution >= 0.6 is 0 Å². The fourth-order valence-corrected chi connectivity index (χ4v) is 2.57. The lowest BCUT2D eigenvalue weighted by Crippen LogP contribution is -2.37. The van der Waals surface area contributed by atoms with Crippen molar-refractivity contribution in [2.45, 2.75) is 46.4 Å². The Hall–Kier alpha value is -2.00. The zero-order valence-electron chi connectivity index (χ0n) is 18.8. The summed E-state index contributed by atoms with van der Waals surface area (Å²) in [4.78, 5) is 26.1. The molecule has 1 aromatic carbocycles. The van der Waals surface area contributed by atoms with Crippen molar-refractivity contribution in [1.82, 2.24) is 5.32 Å². The largest absolute Gasteiger partial charge is 0.379 e. The molecule has 0 spiro atoms. The molecule has 0 unspecified atom stereocenters. The lowest BCUT2D eigenvalue weighted by Gasteiger charge is -2.22. The molecule has 8 nitrogen and oxygen atoms in total. The topological polar surface area (TPSA) is 86.3 Å². The summed E-state index contributed by atoms with van der Waals surface area (Å²) in [7, 11) is 1.71. The van der Waals surface area contributed by atoms with E-state index in [1.165, 1.54) is 0 Å². The van der Waals surface area contributed by atoms with Crippen LogP contribution in [-0.2, 0) is 35.1 Å². The van der Waals surface area contributed by atoms with Crippen LogP contribution in [0.5, 0.6) is 0 Å². The lowest BCUT2D eigenvalue weighted by molar-refractivity contribution is -0.132. The highest BCUT2D eigenvalue weighted by molar-refractivity contribution is 5.95. The van der Waals surface area contributed by atoms with E-state index in [1.807, 2.05) is 38.1 Å². The number of amides is 2. The van der Waals surface area contributed by atoms with Gasteiger partial charge in [-0.3, -0.25) is 9.59 Å². The van der Waals surface area contributed by atoms with Crippen molar-refractivity contribution in [2.24, 2.45) is 0 Å². The number of nitrogens with one attached hydrogen (secondary N) is 1. The fourth-order valence-electron chi connectivity index (χ4n) is 2.57. The average molecular weight is 425 g/mol. The Labute approximate surface area is 179 Å². The van der Waals surface area contributed by atoms with Gasteiger partial charge in [0, 0.05) is 32.5 Å². The van der Waals surface area contributed by atoms with Gasteiger partial charge in [-0.05, 0) is 45.4 Å². The number of carbonyl (C=O) groups excluding carboxylic acids is 2. The third kappa shape index (κ3) is 9.67. The van der Waals surface area contributed by atoms with Gasteiger partial charge in [0.2, 0.25) is 5.91 Å². The summed E-state index contributed by atoms with van der Waals surface area (Å²) in [6, 6.07) is 7.43. The number of nitrogens with zero attached hydrogens (tertiary/aromatic N) is 1. The number of hydrogen-bond donors (Lipinski definition) is 1. The Bertz CT molecular complexity index is 623. The van der Waals surface area contributed by atoms with E-state index in [0.717, 1.165) is 11.3 Å². The number of ether oxygens (including phenoxy) is 4. The van der Waals surface area contributed by atoms with E-state index in [4.69, 9.17) is 18.9 Å². The van der Waals surface area contributed by atoms with Crippen molar-refractivity contribution in [3.05, 3.63) is 29.8 Å². The first-order valence-corrected chi connectivity index (χ1v) is 10.4. The second-order valence-corrected chi connectivity index (χ2v) is 6.70. The first kappa shape index (κ1) is 26.0. The number of anilines is 1. The van der Waals surface area contributed by atoms with Crippen LogP contribution in [0.25, 0.3) is 0 Å². The van der Waals surface area contributed by atoms with Gasteiger partial charge < -0.3 is 29.2 Å².